The summed E-state index contributed by atoms with van der Waals surface area (Å²) in [5.41, 5.74) is -3.69. The molecule has 0 radical (unpaired) electrons. The van der Waals surface area contributed by atoms with Gasteiger partial charge in [-0.3, -0.25) is 0 Å². The van der Waals surface area contributed by atoms with E-state index in [-0.39, 0.29) is 5.56 Å². The van der Waals surface area contributed by atoms with Crippen LogP contribution in [0.1, 0.15) is 12.5 Å². The zero-order chi connectivity index (χ0) is 15.8. The van der Waals surface area contributed by atoms with Gasteiger partial charge >= 0.3 is 6.18 Å². The molecule has 0 fully saturated rings. The van der Waals surface area contributed by atoms with E-state index in [4.69, 9.17) is 4.74 Å². The first-order chi connectivity index (χ1) is 9.71. The minimum Gasteiger partial charge on any atom is -0.507 e. The van der Waals surface area contributed by atoms with Gasteiger partial charge in [-0.15, -0.1) is 0 Å². The summed E-state index contributed by atoms with van der Waals surface area (Å²) in [4.78, 5) is 0. The van der Waals surface area contributed by atoms with Crippen LogP contribution in [-0.2, 0) is 0 Å². The summed E-state index contributed by atoms with van der Waals surface area (Å²) >= 11 is 0. The zero-order valence-electron chi connectivity index (χ0n) is 11.2. The highest BCUT2D eigenvalue weighted by Gasteiger charge is 2.63. The number of aliphatic hydroxyl groups is 2. The van der Waals surface area contributed by atoms with Crippen LogP contribution < -0.4 is 4.74 Å². The van der Waals surface area contributed by atoms with E-state index >= 15 is 0 Å². The van der Waals surface area contributed by atoms with Crippen LogP contribution in [0.5, 0.6) is 5.75 Å². The highest BCUT2D eigenvalue weighted by molar-refractivity contribution is 5.69. The lowest BCUT2D eigenvalue weighted by Crippen LogP contribution is -2.55. The number of nitrogens with zero attached hydrogens (tertiary/aromatic N) is 2. The van der Waals surface area contributed by atoms with Gasteiger partial charge in [0.25, 0.3) is 0 Å². The van der Waals surface area contributed by atoms with Crippen molar-refractivity contribution in [2.45, 2.75) is 24.7 Å². The molecule has 21 heavy (non-hydrogen) atoms. The van der Waals surface area contributed by atoms with Gasteiger partial charge < -0.3 is 14.9 Å². The first kappa shape index (κ1) is 15.3. The maximum Gasteiger partial charge on any atom is 0.426 e. The third-order valence-corrected chi connectivity index (χ3v) is 3.32. The van der Waals surface area contributed by atoms with Crippen molar-refractivity contribution in [1.82, 2.24) is 0 Å². The second-order valence-electron chi connectivity index (χ2n) is 4.58. The van der Waals surface area contributed by atoms with E-state index in [0.717, 1.165) is 6.92 Å². The van der Waals surface area contributed by atoms with Gasteiger partial charge in [0.2, 0.25) is 5.60 Å². The SMILES string of the molecule is COc1ccc(C2=C(O)C(O)(C(F)(F)F)C(C)N=N2)cc1. The van der Waals surface area contributed by atoms with Gasteiger partial charge in [-0.2, -0.15) is 23.4 Å². The van der Waals surface area contributed by atoms with Crippen molar-refractivity contribution in [3.8, 4) is 5.75 Å². The number of halogens is 3. The number of rotatable bonds is 2. The Kier molecular flexibility index (Phi) is 3.66. The largest absolute Gasteiger partial charge is 0.507 e. The molecule has 114 valence electrons. The third kappa shape index (κ3) is 2.35. The summed E-state index contributed by atoms with van der Waals surface area (Å²) in [6.45, 7) is 1.03. The minimum absolute atomic E-state index is 0.187. The Bertz CT molecular complexity index is 596. The standard InChI is InChI=1S/C13H13F3N2O3/c1-7-12(20,13(14,15)16)11(19)10(18-17-7)8-3-5-9(21-2)6-4-8/h3-7,19-20H,1-2H3. The molecule has 1 aliphatic heterocycles. The Labute approximate surface area is 118 Å². The van der Waals surface area contributed by atoms with Gasteiger partial charge in [0, 0.05) is 5.56 Å². The average Bonchev–Trinajstić information content (AvgIpc) is 2.44. The number of hydrogen-bond acceptors (Lipinski definition) is 5. The number of ether oxygens (including phenoxy) is 1. The van der Waals surface area contributed by atoms with Crippen LogP contribution in [0.4, 0.5) is 13.2 Å². The molecule has 0 saturated heterocycles. The average molecular weight is 302 g/mol. The fourth-order valence-corrected chi connectivity index (χ4v) is 1.97. The molecule has 0 aromatic heterocycles. The van der Waals surface area contributed by atoms with Crippen LogP contribution in [0.25, 0.3) is 5.70 Å². The molecule has 2 atom stereocenters. The van der Waals surface area contributed by atoms with Crippen molar-refractivity contribution < 1.29 is 28.1 Å². The van der Waals surface area contributed by atoms with Crippen molar-refractivity contribution in [1.29, 1.82) is 0 Å². The van der Waals surface area contributed by atoms with Crippen LogP contribution in [0.3, 0.4) is 0 Å². The molecule has 0 aliphatic carbocycles. The molecule has 0 spiro atoms. The molecule has 1 aromatic carbocycles. The maximum absolute atomic E-state index is 13.1. The van der Waals surface area contributed by atoms with Gasteiger partial charge in [-0.25, -0.2) is 0 Å². The maximum atomic E-state index is 13.1. The van der Waals surface area contributed by atoms with Crippen LogP contribution in [0, 0.1) is 0 Å². The molecule has 1 aliphatic rings. The summed E-state index contributed by atoms with van der Waals surface area (Å²) in [6, 6.07) is 4.18. The number of benzene rings is 1. The van der Waals surface area contributed by atoms with E-state index < -0.39 is 29.3 Å². The normalized spacial score (nSPS) is 26.1. The van der Waals surface area contributed by atoms with Crippen molar-refractivity contribution >= 4 is 5.70 Å². The molecule has 2 rings (SSSR count). The zero-order valence-corrected chi connectivity index (χ0v) is 11.2. The van der Waals surface area contributed by atoms with Gasteiger partial charge in [-0.1, -0.05) is 0 Å². The fraction of sp³-hybridized carbons (Fsp3) is 0.385. The monoisotopic (exact) mass is 302 g/mol. The quantitative estimate of drug-likeness (QED) is 0.881. The molecule has 0 amide bonds. The Morgan fingerprint density at radius 3 is 2.29 bits per heavy atom. The summed E-state index contributed by atoms with van der Waals surface area (Å²) in [5.74, 6) is -0.770. The number of aliphatic hydroxyl groups excluding tert-OH is 1. The lowest BCUT2D eigenvalue weighted by molar-refractivity contribution is -0.260. The molecular formula is C13H13F3N2O3. The highest BCUT2D eigenvalue weighted by atomic mass is 19.4. The van der Waals surface area contributed by atoms with Gasteiger partial charge in [0.1, 0.15) is 17.5 Å². The Hall–Kier alpha value is -2.09. The molecule has 1 heterocycles. The Balaban J connectivity index is 2.54. The van der Waals surface area contributed by atoms with Gasteiger partial charge in [-0.05, 0) is 31.2 Å². The van der Waals surface area contributed by atoms with Crippen LogP contribution in [0.2, 0.25) is 0 Å². The van der Waals surface area contributed by atoms with Crippen LogP contribution in [0.15, 0.2) is 40.3 Å². The summed E-state index contributed by atoms with van der Waals surface area (Å²) in [6.07, 6.45) is -5.08. The number of azo groups is 1. The molecular weight excluding hydrogens is 289 g/mol. The number of methoxy groups -OCH3 is 1. The van der Waals surface area contributed by atoms with E-state index in [0.29, 0.717) is 5.75 Å². The van der Waals surface area contributed by atoms with Crippen LogP contribution in [-0.4, -0.2) is 35.1 Å². The van der Waals surface area contributed by atoms with E-state index in [1.807, 2.05) is 0 Å². The summed E-state index contributed by atoms with van der Waals surface area (Å²) in [7, 11) is 1.44. The highest BCUT2D eigenvalue weighted by Crippen LogP contribution is 2.44. The summed E-state index contributed by atoms with van der Waals surface area (Å²) in [5, 5.41) is 26.8. The Morgan fingerprint density at radius 1 is 1.24 bits per heavy atom. The first-order valence-electron chi connectivity index (χ1n) is 6.00. The van der Waals surface area contributed by atoms with E-state index in [1.165, 1.54) is 31.4 Å². The molecule has 8 heteroatoms. The molecule has 0 bridgehead atoms. The predicted octanol–water partition coefficient (Wildman–Crippen LogP) is 3.07. The van der Waals surface area contributed by atoms with Crippen molar-refractivity contribution in [2.24, 2.45) is 10.2 Å². The molecule has 5 nitrogen and oxygen atoms in total. The minimum atomic E-state index is -5.08. The predicted molar refractivity (Wildman–Crippen MR) is 67.9 cm³/mol. The van der Waals surface area contributed by atoms with Crippen molar-refractivity contribution in [3.63, 3.8) is 0 Å². The second kappa shape index (κ2) is 5.03. The van der Waals surface area contributed by atoms with Crippen molar-refractivity contribution in [3.05, 3.63) is 35.6 Å². The van der Waals surface area contributed by atoms with E-state index in [2.05, 4.69) is 10.2 Å². The first-order valence-corrected chi connectivity index (χ1v) is 6.00. The lowest BCUT2D eigenvalue weighted by atomic mass is 9.89. The van der Waals surface area contributed by atoms with E-state index in [1.54, 1.807) is 0 Å². The molecule has 2 N–H and O–H groups in total. The van der Waals surface area contributed by atoms with Gasteiger partial charge in [0.05, 0.1) is 7.11 Å². The molecule has 0 saturated carbocycles. The van der Waals surface area contributed by atoms with Crippen LogP contribution >= 0.6 is 0 Å². The number of hydrogen-bond donors (Lipinski definition) is 2. The van der Waals surface area contributed by atoms with Gasteiger partial charge in [0.15, 0.2) is 5.76 Å². The summed E-state index contributed by atoms with van der Waals surface area (Å²) < 4.78 is 44.1. The van der Waals surface area contributed by atoms with Crippen molar-refractivity contribution in [2.75, 3.05) is 7.11 Å². The third-order valence-electron chi connectivity index (χ3n) is 3.32. The smallest absolute Gasteiger partial charge is 0.426 e. The topological polar surface area (TPSA) is 74.4 Å². The second-order valence-corrected chi connectivity index (χ2v) is 4.58. The molecule has 1 aromatic rings. The Morgan fingerprint density at radius 2 is 1.81 bits per heavy atom. The lowest BCUT2D eigenvalue weighted by Gasteiger charge is -2.35. The van der Waals surface area contributed by atoms with E-state index in [9.17, 15) is 23.4 Å². The fourth-order valence-electron chi connectivity index (χ4n) is 1.97. The number of alkyl halides is 3. The molecule has 2 unspecified atom stereocenters.